The van der Waals surface area contributed by atoms with E-state index in [0.29, 0.717) is 0 Å². The lowest BCUT2D eigenvalue weighted by Gasteiger charge is -2.22. The predicted molar refractivity (Wildman–Crippen MR) is 93.7 cm³/mol. The fraction of sp³-hybridized carbons (Fsp3) is 0.500. The number of amides is 1. The number of rotatable bonds is 3. The smallest absolute Gasteiger partial charge is 0.262 e. The van der Waals surface area contributed by atoms with E-state index in [2.05, 4.69) is 38.2 Å². The van der Waals surface area contributed by atoms with Gasteiger partial charge in [-0.2, -0.15) is 5.26 Å². The second kappa shape index (κ2) is 7.46. The van der Waals surface area contributed by atoms with Crippen LogP contribution in [-0.2, 0) is 10.2 Å². The molecule has 1 N–H and O–H groups in total. The second-order valence-electron chi connectivity index (χ2n) is 7.35. The van der Waals surface area contributed by atoms with Crippen LogP contribution in [0.4, 0.5) is 0 Å². The molecule has 0 radical (unpaired) electrons. The van der Waals surface area contributed by atoms with E-state index < -0.39 is 0 Å². The van der Waals surface area contributed by atoms with Crippen molar-refractivity contribution in [3.05, 3.63) is 41.0 Å². The fourth-order valence-electron chi connectivity index (χ4n) is 2.90. The molecule has 1 aromatic rings. The van der Waals surface area contributed by atoms with Gasteiger partial charge in [0.05, 0.1) is 0 Å². The van der Waals surface area contributed by atoms with E-state index in [4.69, 9.17) is 0 Å². The monoisotopic (exact) mass is 310 g/mol. The molecule has 0 atom stereocenters. The maximum atomic E-state index is 12.3. The van der Waals surface area contributed by atoms with Gasteiger partial charge in [-0.3, -0.25) is 4.79 Å². The first-order valence-corrected chi connectivity index (χ1v) is 8.43. The Bertz CT molecular complexity index is 609. The Morgan fingerprint density at radius 2 is 1.78 bits per heavy atom. The van der Waals surface area contributed by atoms with Crippen molar-refractivity contribution in [2.24, 2.45) is 0 Å². The summed E-state index contributed by atoms with van der Waals surface area (Å²) in [4.78, 5) is 12.3. The summed E-state index contributed by atoms with van der Waals surface area (Å²) in [6, 6.07) is 10.3. The molecule has 1 aliphatic rings. The van der Waals surface area contributed by atoms with Gasteiger partial charge in [-0.1, -0.05) is 64.3 Å². The number of carbonyl (C=O) groups excluding carboxylic acids is 1. The van der Waals surface area contributed by atoms with Gasteiger partial charge in [0, 0.05) is 6.04 Å². The second-order valence-corrected chi connectivity index (χ2v) is 7.35. The maximum Gasteiger partial charge on any atom is 0.262 e. The largest absolute Gasteiger partial charge is 0.349 e. The van der Waals surface area contributed by atoms with Crippen molar-refractivity contribution >= 4 is 12.0 Å². The zero-order valence-electron chi connectivity index (χ0n) is 14.4. The van der Waals surface area contributed by atoms with Crippen molar-refractivity contribution in [1.29, 1.82) is 5.26 Å². The van der Waals surface area contributed by atoms with Crippen LogP contribution in [0.2, 0.25) is 0 Å². The molecule has 0 aliphatic heterocycles. The van der Waals surface area contributed by atoms with Crippen molar-refractivity contribution in [2.75, 3.05) is 0 Å². The predicted octanol–water partition coefficient (Wildman–Crippen LogP) is 4.34. The number of nitrogens with zero attached hydrogens (tertiary/aromatic N) is 1. The van der Waals surface area contributed by atoms with Crippen molar-refractivity contribution in [3.63, 3.8) is 0 Å². The lowest BCUT2D eigenvalue weighted by molar-refractivity contribution is -0.117. The van der Waals surface area contributed by atoms with Gasteiger partial charge in [-0.15, -0.1) is 0 Å². The summed E-state index contributed by atoms with van der Waals surface area (Å²) in [7, 11) is 0. The van der Waals surface area contributed by atoms with E-state index in [1.807, 2.05) is 18.2 Å². The third kappa shape index (κ3) is 4.96. The molecule has 3 nitrogen and oxygen atoms in total. The zero-order valence-corrected chi connectivity index (χ0v) is 14.4. The Morgan fingerprint density at radius 3 is 2.30 bits per heavy atom. The Hall–Kier alpha value is -2.08. The summed E-state index contributed by atoms with van der Waals surface area (Å²) in [5.41, 5.74) is 2.39. The topological polar surface area (TPSA) is 52.9 Å². The summed E-state index contributed by atoms with van der Waals surface area (Å²) in [6.45, 7) is 6.49. The average Bonchev–Trinajstić information content (AvgIpc) is 2.53. The van der Waals surface area contributed by atoms with E-state index in [-0.39, 0.29) is 22.9 Å². The Kier molecular flexibility index (Phi) is 5.60. The van der Waals surface area contributed by atoms with Crippen molar-refractivity contribution in [2.45, 2.75) is 64.3 Å². The van der Waals surface area contributed by atoms with Crippen LogP contribution in [-0.4, -0.2) is 11.9 Å². The van der Waals surface area contributed by atoms with E-state index >= 15 is 0 Å². The van der Waals surface area contributed by atoms with Gasteiger partial charge in [-0.05, 0) is 35.5 Å². The van der Waals surface area contributed by atoms with Crippen molar-refractivity contribution in [3.8, 4) is 6.07 Å². The van der Waals surface area contributed by atoms with Gasteiger partial charge >= 0.3 is 0 Å². The lowest BCUT2D eigenvalue weighted by atomic mass is 9.86. The van der Waals surface area contributed by atoms with Gasteiger partial charge in [0.15, 0.2) is 0 Å². The molecule has 23 heavy (non-hydrogen) atoms. The highest BCUT2D eigenvalue weighted by molar-refractivity contribution is 6.01. The standard InChI is InChI=1S/C20H26N2O/c1-20(2,3)17-11-9-15(10-12-17)13-16(14-21)19(23)22-18-7-5-4-6-8-18/h9-13,18H,4-8H2,1-3H3,(H,22,23)/b16-13+. The minimum absolute atomic E-state index is 0.0959. The first kappa shape index (κ1) is 17.3. The number of nitriles is 1. The summed E-state index contributed by atoms with van der Waals surface area (Å²) < 4.78 is 0. The van der Waals surface area contributed by atoms with E-state index in [0.717, 1.165) is 31.2 Å². The number of hydrogen-bond acceptors (Lipinski definition) is 2. The van der Waals surface area contributed by atoms with Gasteiger partial charge in [0.1, 0.15) is 11.6 Å². The zero-order chi connectivity index (χ0) is 16.9. The third-order valence-corrected chi connectivity index (χ3v) is 4.39. The minimum atomic E-state index is -0.251. The molecular weight excluding hydrogens is 284 g/mol. The van der Waals surface area contributed by atoms with Crippen LogP contribution in [0.1, 0.15) is 64.0 Å². The molecule has 3 heteroatoms. The summed E-state index contributed by atoms with van der Waals surface area (Å²) in [5.74, 6) is -0.251. The molecule has 1 saturated carbocycles. The number of benzene rings is 1. The molecule has 0 saturated heterocycles. The molecule has 1 fully saturated rings. The Labute approximate surface area is 139 Å². The van der Waals surface area contributed by atoms with Gasteiger partial charge in [0.2, 0.25) is 0 Å². The molecule has 1 aliphatic carbocycles. The Morgan fingerprint density at radius 1 is 1.17 bits per heavy atom. The van der Waals surface area contributed by atoms with Crippen molar-refractivity contribution in [1.82, 2.24) is 5.32 Å². The summed E-state index contributed by atoms with van der Waals surface area (Å²) in [5, 5.41) is 12.3. The first-order valence-electron chi connectivity index (χ1n) is 8.43. The van der Waals surface area contributed by atoms with Crippen LogP contribution in [0, 0.1) is 11.3 Å². The molecule has 0 unspecified atom stereocenters. The molecule has 0 aromatic heterocycles. The molecule has 1 aromatic carbocycles. The summed E-state index contributed by atoms with van der Waals surface area (Å²) >= 11 is 0. The highest BCUT2D eigenvalue weighted by Crippen LogP contribution is 2.23. The first-order chi connectivity index (χ1) is 10.9. The molecule has 2 rings (SSSR count). The number of hydrogen-bond donors (Lipinski definition) is 1. The van der Waals surface area contributed by atoms with Crippen LogP contribution in [0.3, 0.4) is 0 Å². The highest BCUT2D eigenvalue weighted by Gasteiger charge is 2.18. The maximum absolute atomic E-state index is 12.3. The van der Waals surface area contributed by atoms with E-state index in [1.165, 1.54) is 12.0 Å². The normalized spacial score (nSPS) is 16.7. The minimum Gasteiger partial charge on any atom is -0.349 e. The van der Waals surface area contributed by atoms with Gasteiger partial charge in [0.25, 0.3) is 5.91 Å². The average molecular weight is 310 g/mol. The van der Waals surface area contributed by atoms with Crippen LogP contribution in [0.5, 0.6) is 0 Å². The molecule has 0 bridgehead atoms. The van der Waals surface area contributed by atoms with Gasteiger partial charge in [-0.25, -0.2) is 0 Å². The van der Waals surface area contributed by atoms with E-state index in [9.17, 15) is 10.1 Å². The molecular formula is C20H26N2O. The van der Waals surface area contributed by atoms with Gasteiger partial charge < -0.3 is 5.32 Å². The SMILES string of the molecule is CC(C)(C)c1ccc(/C=C(\C#N)C(=O)NC2CCCCC2)cc1. The van der Waals surface area contributed by atoms with E-state index in [1.54, 1.807) is 6.08 Å². The Balaban J connectivity index is 2.08. The molecule has 0 heterocycles. The van der Waals surface area contributed by atoms with Crippen LogP contribution >= 0.6 is 0 Å². The fourth-order valence-corrected chi connectivity index (χ4v) is 2.90. The van der Waals surface area contributed by atoms with Crippen LogP contribution < -0.4 is 5.32 Å². The number of carbonyl (C=O) groups is 1. The number of nitrogens with one attached hydrogen (secondary N) is 1. The summed E-state index contributed by atoms with van der Waals surface area (Å²) in [6.07, 6.45) is 7.27. The molecule has 0 spiro atoms. The third-order valence-electron chi connectivity index (χ3n) is 4.39. The quantitative estimate of drug-likeness (QED) is 0.667. The molecule has 1 amide bonds. The highest BCUT2D eigenvalue weighted by atomic mass is 16.1. The van der Waals surface area contributed by atoms with Crippen LogP contribution in [0.15, 0.2) is 29.8 Å². The van der Waals surface area contributed by atoms with Crippen LogP contribution in [0.25, 0.3) is 6.08 Å². The lowest BCUT2D eigenvalue weighted by Crippen LogP contribution is -2.36. The van der Waals surface area contributed by atoms with Crippen molar-refractivity contribution < 1.29 is 4.79 Å². The molecule has 122 valence electrons.